The normalized spacial score (nSPS) is 24.6. The van der Waals surface area contributed by atoms with Gasteiger partial charge in [-0.25, -0.2) is 4.98 Å². The molecular formula is C14H21ClN2. The highest BCUT2D eigenvalue weighted by Crippen LogP contribution is 2.30. The SMILES string of the molecule is CC1CCCC(CCNc2ccc(Cl)cn2)C1. The number of nitrogens with zero attached hydrogens (tertiary/aromatic N) is 1. The molecule has 1 heterocycles. The van der Waals surface area contributed by atoms with Crippen molar-refractivity contribution in [2.45, 2.75) is 39.0 Å². The number of anilines is 1. The van der Waals surface area contributed by atoms with Crippen molar-refractivity contribution in [3.63, 3.8) is 0 Å². The predicted octanol–water partition coefficient (Wildman–Crippen LogP) is 4.36. The number of hydrogen-bond acceptors (Lipinski definition) is 2. The van der Waals surface area contributed by atoms with Gasteiger partial charge in [-0.05, 0) is 36.8 Å². The molecule has 0 aliphatic heterocycles. The summed E-state index contributed by atoms with van der Waals surface area (Å²) < 4.78 is 0. The van der Waals surface area contributed by atoms with E-state index in [0.717, 1.165) is 24.2 Å². The summed E-state index contributed by atoms with van der Waals surface area (Å²) in [6, 6.07) is 3.81. The molecule has 1 aromatic heterocycles. The summed E-state index contributed by atoms with van der Waals surface area (Å²) in [6.07, 6.45) is 8.57. The van der Waals surface area contributed by atoms with Crippen molar-refractivity contribution < 1.29 is 0 Å². The third-order valence-electron chi connectivity index (χ3n) is 3.63. The molecule has 2 rings (SSSR count). The van der Waals surface area contributed by atoms with Crippen LogP contribution in [-0.2, 0) is 0 Å². The van der Waals surface area contributed by atoms with Crippen LogP contribution in [0.3, 0.4) is 0 Å². The molecule has 94 valence electrons. The lowest BCUT2D eigenvalue weighted by atomic mass is 9.81. The van der Waals surface area contributed by atoms with Gasteiger partial charge >= 0.3 is 0 Å². The van der Waals surface area contributed by atoms with E-state index in [0.29, 0.717) is 5.02 Å². The van der Waals surface area contributed by atoms with E-state index < -0.39 is 0 Å². The van der Waals surface area contributed by atoms with Gasteiger partial charge < -0.3 is 5.32 Å². The fourth-order valence-electron chi connectivity index (χ4n) is 2.71. The minimum atomic E-state index is 0.691. The molecule has 3 heteroatoms. The summed E-state index contributed by atoms with van der Waals surface area (Å²) in [5.74, 6) is 2.75. The maximum absolute atomic E-state index is 5.79. The second-order valence-electron chi connectivity index (χ2n) is 5.21. The molecular weight excluding hydrogens is 232 g/mol. The molecule has 1 aromatic rings. The fourth-order valence-corrected chi connectivity index (χ4v) is 2.82. The Balaban J connectivity index is 1.70. The monoisotopic (exact) mass is 252 g/mol. The highest BCUT2D eigenvalue weighted by Gasteiger charge is 2.18. The van der Waals surface area contributed by atoms with Crippen LogP contribution in [0.4, 0.5) is 5.82 Å². The number of aromatic nitrogens is 1. The van der Waals surface area contributed by atoms with Crippen molar-refractivity contribution in [3.8, 4) is 0 Å². The molecule has 0 radical (unpaired) electrons. The third kappa shape index (κ3) is 4.19. The van der Waals surface area contributed by atoms with Gasteiger partial charge in [-0.3, -0.25) is 0 Å². The average Bonchev–Trinajstić information content (AvgIpc) is 2.32. The van der Waals surface area contributed by atoms with E-state index in [1.54, 1.807) is 6.20 Å². The number of rotatable bonds is 4. The Morgan fingerprint density at radius 2 is 2.29 bits per heavy atom. The van der Waals surface area contributed by atoms with Gasteiger partial charge in [-0.2, -0.15) is 0 Å². The van der Waals surface area contributed by atoms with Crippen molar-refractivity contribution in [1.29, 1.82) is 0 Å². The van der Waals surface area contributed by atoms with Crippen molar-refractivity contribution >= 4 is 17.4 Å². The molecule has 2 atom stereocenters. The number of nitrogens with one attached hydrogen (secondary N) is 1. The molecule has 17 heavy (non-hydrogen) atoms. The van der Waals surface area contributed by atoms with Crippen LogP contribution in [0.15, 0.2) is 18.3 Å². The van der Waals surface area contributed by atoms with Crippen LogP contribution in [-0.4, -0.2) is 11.5 Å². The molecule has 0 amide bonds. The fraction of sp³-hybridized carbons (Fsp3) is 0.643. The Morgan fingerprint density at radius 3 is 3.00 bits per heavy atom. The first-order valence-corrected chi connectivity index (χ1v) is 6.97. The molecule has 2 unspecified atom stereocenters. The Kier molecular flexibility index (Phi) is 4.66. The van der Waals surface area contributed by atoms with Crippen LogP contribution in [0.25, 0.3) is 0 Å². The Morgan fingerprint density at radius 1 is 1.41 bits per heavy atom. The van der Waals surface area contributed by atoms with E-state index in [1.807, 2.05) is 12.1 Å². The molecule has 0 spiro atoms. The smallest absolute Gasteiger partial charge is 0.125 e. The van der Waals surface area contributed by atoms with Crippen LogP contribution in [0.5, 0.6) is 0 Å². The molecule has 1 N–H and O–H groups in total. The Labute approximate surface area is 109 Å². The summed E-state index contributed by atoms with van der Waals surface area (Å²) in [5.41, 5.74) is 0. The number of hydrogen-bond donors (Lipinski definition) is 1. The van der Waals surface area contributed by atoms with Gasteiger partial charge in [-0.1, -0.05) is 37.8 Å². The Bertz CT molecular complexity index is 337. The first-order chi connectivity index (χ1) is 8.24. The second kappa shape index (κ2) is 6.25. The molecule has 0 aromatic carbocycles. The standard InChI is InChI=1S/C14H21ClN2/c1-11-3-2-4-12(9-11)7-8-16-14-6-5-13(15)10-17-14/h5-6,10-12H,2-4,7-9H2,1H3,(H,16,17). The maximum Gasteiger partial charge on any atom is 0.125 e. The zero-order chi connectivity index (χ0) is 12.1. The van der Waals surface area contributed by atoms with Crippen LogP contribution < -0.4 is 5.32 Å². The lowest BCUT2D eigenvalue weighted by molar-refractivity contribution is 0.274. The van der Waals surface area contributed by atoms with E-state index in [4.69, 9.17) is 11.6 Å². The quantitative estimate of drug-likeness (QED) is 0.861. The highest BCUT2D eigenvalue weighted by molar-refractivity contribution is 6.30. The van der Waals surface area contributed by atoms with Gasteiger partial charge in [0.2, 0.25) is 0 Å². The van der Waals surface area contributed by atoms with E-state index in [1.165, 1.54) is 32.1 Å². The van der Waals surface area contributed by atoms with Gasteiger partial charge in [0.05, 0.1) is 5.02 Å². The summed E-state index contributed by atoms with van der Waals surface area (Å²) in [4.78, 5) is 4.23. The van der Waals surface area contributed by atoms with Gasteiger partial charge in [0, 0.05) is 12.7 Å². The topological polar surface area (TPSA) is 24.9 Å². The van der Waals surface area contributed by atoms with Crippen molar-refractivity contribution in [2.24, 2.45) is 11.8 Å². The first kappa shape index (κ1) is 12.7. The molecule has 2 nitrogen and oxygen atoms in total. The summed E-state index contributed by atoms with van der Waals surface area (Å²) >= 11 is 5.79. The zero-order valence-electron chi connectivity index (χ0n) is 10.5. The first-order valence-electron chi connectivity index (χ1n) is 6.59. The van der Waals surface area contributed by atoms with E-state index in [9.17, 15) is 0 Å². The van der Waals surface area contributed by atoms with Gasteiger partial charge in [0.25, 0.3) is 0 Å². The minimum Gasteiger partial charge on any atom is -0.370 e. The van der Waals surface area contributed by atoms with Crippen molar-refractivity contribution in [1.82, 2.24) is 4.98 Å². The lowest BCUT2D eigenvalue weighted by Gasteiger charge is -2.26. The summed E-state index contributed by atoms with van der Waals surface area (Å²) in [6.45, 7) is 3.40. The van der Waals surface area contributed by atoms with Gasteiger partial charge in [0.15, 0.2) is 0 Å². The minimum absolute atomic E-state index is 0.691. The number of halogens is 1. The second-order valence-corrected chi connectivity index (χ2v) is 5.65. The molecule has 0 saturated heterocycles. The summed E-state index contributed by atoms with van der Waals surface area (Å²) in [5, 5.41) is 4.06. The van der Waals surface area contributed by atoms with Crippen molar-refractivity contribution in [2.75, 3.05) is 11.9 Å². The van der Waals surface area contributed by atoms with E-state index in [2.05, 4.69) is 17.2 Å². The zero-order valence-corrected chi connectivity index (χ0v) is 11.2. The van der Waals surface area contributed by atoms with Gasteiger partial charge in [0.1, 0.15) is 5.82 Å². The predicted molar refractivity (Wildman–Crippen MR) is 73.5 cm³/mol. The molecule has 1 fully saturated rings. The van der Waals surface area contributed by atoms with E-state index in [-0.39, 0.29) is 0 Å². The maximum atomic E-state index is 5.79. The van der Waals surface area contributed by atoms with E-state index >= 15 is 0 Å². The largest absolute Gasteiger partial charge is 0.370 e. The van der Waals surface area contributed by atoms with Crippen LogP contribution in [0.2, 0.25) is 5.02 Å². The van der Waals surface area contributed by atoms with Gasteiger partial charge in [-0.15, -0.1) is 0 Å². The Hall–Kier alpha value is -0.760. The van der Waals surface area contributed by atoms with Crippen LogP contribution in [0, 0.1) is 11.8 Å². The molecule has 1 aliphatic rings. The van der Waals surface area contributed by atoms with Crippen molar-refractivity contribution in [3.05, 3.63) is 23.4 Å². The molecule has 1 saturated carbocycles. The highest BCUT2D eigenvalue weighted by atomic mass is 35.5. The third-order valence-corrected chi connectivity index (χ3v) is 3.85. The van der Waals surface area contributed by atoms with Crippen LogP contribution in [0.1, 0.15) is 39.0 Å². The number of pyridine rings is 1. The lowest BCUT2D eigenvalue weighted by Crippen LogP contribution is -2.16. The molecule has 0 bridgehead atoms. The summed E-state index contributed by atoms with van der Waals surface area (Å²) in [7, 11) is 0. The average molecular weight is 253 g/mol. The molecule has 1 aliphatic carbocycles. The van der Waals surface area contributed by atoms with Crippen LogP contribution >= 0.6 is 11.6 Å².